The molecule has 170 valence electrons. The number of ketones is 1. The SMILES string of the molecule is O=C1C[C@H](C(=O)Nc2ccc(Cl)cc2)[C@@H](C(=O)Nc2ccc(N3CCC=CC3=O)cc2F)C1. The van der Waals surface area contributed by atoms with Gasteiger partial charge in [0.25, 0.3) is 5.91 Å². The Labute approximate surface area is 194 Å². The fraction of sp³-hybridized carbons (Fsp3) is 0.250. The van der Waals surface area contributed by atoms with Crippen LogP contribution in [0.5, 0.6) is 0 Å². The molecule has 2 aromatic rings. The Balaban J connectivity index is 1.45. The molecule has 7 nitrogen and oxygen atoms in total. The van der Waals surface area contributed by atoms with Crippen molar-refractivity contribution in [3.63, 3.8) is 0 Å². The van der Waals surface area contributed by atoms with Crippen LogP contribution in [0, 0.1) is 17.7 Å². The molecule has 1 heterocycles. The van der Waals surface area contributed by atoms with Crippen LogP contribution in [0.3, 0.4) is 0 Å². The van der Waals surface area contributed by atoms with E-state index in [-0.39, 0.29) is 30.2 Å². The molecule has 0 unspecified atom stereocenters. The molecule has 9 heteroatoms. The van der Waals surface area contributed by atoms with Gasteiger partial charge in [-0.25, -0.2) is 4.39 Å². The minimum Gasteiger partial charge on any atom is -0.326 e. The molecule has 2 aliphatic rings. The number of hydrogen-bond donors (Lipinski definition) is 2. The van der Waals surface area contributed by atoms with Crippen molar-refractivity contribution in [2.75, 3.05) is 22.1 Å². The highest BCUT2D eigenvalue weighted by atomic mass is 35.5. The third-order valence-electron chi connectivity index (χ3n) is 5.73. The lowest BCUT2D eigenvalue weighted by molar-refractivity contribution is -0.128. The van der Waals surface area contributed by atoms with E-state index in [2.05, 4.69) is 10.6 Å². The monoisotopic (exact) mass is 469 g/mol. The summed E-state index contributed by atoms with van der Waals surface area (Å²) in [5.41, 5.74) is 0.794. The van der Waals surface area contributed by atoms with Crippen LogP contribution in [0.4, 0.5) is 21.5 Å². The summed E-state index contributed by atoms with van der Waals surface area (Å²) in [6, 6.07) is 10.5. The molecule has 0 aromatic heterocycles. The van der Waals surface area contributed by atoms with Gasteiger partial charge in [-0.15, -0.1) is 0 Å². The Hall–Kier alpha value is -3.52. The highest BCUT2D eigenvalue weighted by Gasteiger charge is 2.42. The predicted octanol–water partition coefficient (Wildman–Crippen LogP) is 3.94. The molecule has 0 radical (unpaired) electrons. The van der Waals surface area contributed by atoms with Crippen molar-refractivity contribution < 1.29 is 23.6 Å². The molecular formula is C24H21ClFN3O4. The molecule has 2 atom stereocenters. The summed E-state index contributed by atoms with van der Waals surface area (Å²) >= 11 is 5.85. The number of Topliss-reactive ketones (excluding diaryl/α,β-unsaturated/α-hetero) is 1. The number of rotatable bonds is 5. The van der Waals surface area contributed by atoms with E-state index in [1.165, 1.54) is 23.1 Å². The third kappa shape index (κ3) is 5.12. The number of carbonyl (C=O) groups excluding carboxylic acids is 4. The molecule has 33 heavy (non-hydrogen) atoms. The van der Waals surface area contributed by atoms with Crippen LogP contribution in [0.1, 0.15) is 19.3 Å². The average molecular weight is 470 g/mol. The highest BCUT2D eigenvalue weighted by molar-refractivity contribution is 6.30. The fourth-order valence-electron chi connectivity index (χ4n) is 4.02. The lowest BCUT2D eigenvalue weighted by Crippen LogP contribution is -2.34. The average Bonchev–Trinajstić information content (AvgIpc) is 3.19. The van der Waals surface area contributed by atoms with Gasteiger partial charge in [0, 0.05) is 35.8 Å². The zero-order valence-corrected chi connectivity index (χ0v) is 18.3. The maximum Gasteiger partial charge on any atom is 0.250 e. The summed E-state index contributed by atoms with van der Waals surface area (Å²) in [7, 11) is 0. The Morgan fingerprint density at radius 2 is 1.64 bits per heavy atom. The molecular weight excluding hydrogens is 449 g/mol. The van der Waals surface area contributed by atoms with E-state index in [1.54, 1.807) is 36.4 Å². The minimum atomic E-state index is -0.919. The zero-order chi connectivity index (χ0) is 23.5. The minimum absolute atomic E-state index is 0.0660. The summed E-state index contributed by atoms with van der Waals surface area (Å²) in [4.78, 5) is 51.1. The van der Waals surface area contributed by atoms with Crippen molar-refractivity contribution in [2.45, 2.75) is 19.3 Å². The van der Waals surface area contributed by atoms with E-state index in [0.717, 1.165) is 0 Å². The van der Waals surface area contributed by atoms with Gasteiger partial charge in [0.15, 0.2) is 0 Å². The Morgan fingerprint density at radius 1 is 0.970 bits per heavy atom. The molecule has 3 amide bonds. The van der Waals surface area contributed by atoms with Crippen LogP contribution in [-0.4, -0.2) is 30.0 Å². The summed E-state index contributed by atoms with van der Waals surface area (Å²) < 4.78 is 14.7. The van der Waals surface area contributed by atoms with E-state index >= 15 is 0 Å². The maximum atomic E-state index is 14.7. The summed E-state index contributed by atoms with van der Waals surface area (Å²) in [5.74, 6) is -4.02. The van der Waals surface area contributed by atoms with Gasteiger partial charge in [0.05, 0.1) is 17.5 Å². The van der Waals surface area contributed by atoms with Crippen LogP contribution in [0.25, 0.3) is 0 Å². The van der Waals surface area contributed by atoms with Crippen LogP contribution in [0.2, 0.25) is 5.02 Å². The molecule has 1 saturated carbocycles. The number of nitrogens with one attached hydrogen (secondary N) is 2. The van der Waals surface area contributed by atoms with E-state index in [1.807, 2.05) is 0 Å². The first-order chi connectivity index (χ1) is 15.8. The topological polar surface area (TPSA) is 95.6 Å². The first-order valence-electron chi connectivity index (χ1n) is 10.5. The van der Waals surface area contributed by atoms with Crippen molar-refractivity contribution in [3.05, 3.63) is 65.5 Å². The van der Waals surface area contributed by atoms with Crippen LogP contribution >= 0.6 is 11.6 Å². The predicted molar refractivity (Wildman–Crippen MR) is 122 cm³/mol. The van der Waals surface area contributed by atoms with Crippen molar-refractivity contribution in [3.8, 4) is 0 Å². The van der Waals surface area contributed by atoms with E-state index in [9.17, 15) is 23.6 Å². The first-order valence-corrected chi connectivity index (χ1v) is 10.9. The number of carbonyl (C=O) groups is 4. The fourth-order valence-corrected chi connectivity index (χ4v) is 4.15. The number of halogens is 2. The zero-order valence-electron chi connectivity index (χ0n) is 17.5. The van der Waals surface area contributed by atoms with Crippen molar-refractivity contribution in [2.24, 2.45) is 11.8 Å². The molecule has 1 aliphatic carbocycles. The number of hydrogen-bond acceptors (Lipinski definition) is 4. The lowest BCUT2D eigenvalue weighted by Gasteiger charge is -2.24. The van der Waals surface area contributed by atoms with E-state index < -0.39 is 29.5 Å². The van der Waals surface area contributed by atoms with Gasteiger partial charge >= 0.3 is 0 Å². The molecule has 0 spiro atoms. The van der Waals surface area contributed by atoms with Gasteiger partial charge in [0.1, 0.15) is 11.6 Å². The molecule has 1 aliphatic heterocycles. The standard InChI is InChI=1S/C24H21ClFN3O4/c25-14-4-6-15(7-5-14)27-23(32)18-12-17(30)13-19(18)24(33)28-21-9-8-16(11-20(21)26)29-10-2-1-3-22(29)31/h1,3-9,11,18-19H,2,10,12-13H2,(H,27,32)(H,28,33)/t18-,19-/m0/s1. The van der Waals surface area contributed by atoms with Gasteiger partial charge in [0.2, 0.25) is 11.8 Å². The number of amides is 3. The normalized spacial score (nSPS) is 20.1. The first kappa shape index (κ1) is 22.7. The number of anilines is 3. The molecule has 1 fully saturated rings. The second-order valence-electron chi connectivity index (χ2n) is 7.99. The van der Waals surface area contributed by atoms with Gasteiger partial charge in [-0.05, 0) is 55.0 Å². The van der Waals surface area contributed by atoms with Gasteiger partial charge in [-0.1, -0.05) is 17.7 Å². The smallest absolute Gasteiger partial charge is 0.250 e. The van der Waals surface area contributed by atoms with E-state index in [0.29, 0.717) is 29.4 Å². The van der Waals surface area contributed by atoms with Crippen LogP contribution < -0.4 is 15.5 Å². The highest BCUT2D eigenvalue weighted by Crippen LogP contribution is 2.32. The van der Waals surface area contributed by atoms with Crippen molar-refractivity contribution in [1.29, 1.82) is 0 Å². The number of benzene rings is 2. The Kier molecular flexibility index (Phi) is 6.55. The Morgan fingerprint density at radius 3 is 2.27 bits per heavy atom. The second-order valence-corrected chi connectivity index (χ2v) is 8.43. The van der Waals surface area contributed by atoms with Gasteiger partial charge < -0.3 is 15.5 Å². The van der Waals surface area contributed by atoms with E-state index in [4.69, 9.17) is 11.6 Å². The molecule has 0 bridgehead atoms. The van der Waals surface area contributed by atoms with Crippen molar-refractivity contribution in [1.82, 2.24) is 0 Å². The van der Waals surface area contributed by atoms with Gasteiger partial charge in [-0.2, -0.15) is 0 Å². The van der Waals surface area contributed by atoms with Crippen molar-refractivity contribution >= 4 is 52.2 Å². The quantitative estimate of drug-likeness (QED) is 0.693. The molecule has 2 N–H and O–H groups in total. The maximum absolute atomic E-state index is 14.7. The number of nitrogens with zero attached hydrogens (tertiary/aromatic N) is 1. The van der Waals surface area contributed by atoms with Crippen LogP contribution in [0.15, 0.2) is 54.6 Å². The third-order valence-corrected chi connectivity index (χ3v) is 5.99. The lowest BCUT2D eigenvalue weighted by atomic mass is 9.94. The van der Waals surface area contributed by atoms with Gasteiger partial charge in [-0.3, -0.25) is 19.2 Å². The summed E-state index contributed by atoms with van der Waals surface area (Å²) in [5, 5.41) is 5.69. The molecule has 2 aromatic carbocycles. The molecule has 4 rings (SSSR count). The largest absolute Gasteiger partial charge is 0.326 e. The second kappa shape index (κ2) is 9.54. The van der Waals surface area contributed by atoms with Crippen LogP contribution in [-0.2, 0) is 19.2 Å². The Bertz CT molecular complexity index is 1150. The summed E-state index contributed by atoms with van der Waals surface area (Å²) in [6.45, 7) is 0.440. The summed E-state index contributed by atoms with van der Waals surface area (Å²) in [6.07, 6.45) is 3.69. The molecule has 0 saturated heterocycles.